The van der Waals surface area contributed by atoms with E-state index in [1.54, 1.807) is 41.3 Å². The van der Waals surface area contributed by atoms with Crippen LogP contribution in [-0.2, 0) is 14.3 Å². The lowest BCUT2D eigenvalue weighted by Crippen LogP contribution is -2.44. The van der Waals surface area contributed by atoms with Gasteiger partial charge in [-0.1, -0.05) is 32.4 Å². The summed E-state index contributed by atoms with van der Waals surface area (Å²) in [5, 5.41) is 9.97. The normalized spacial score (nSPS) is 18.5. The minimum atomic E-state index is -1.18. The summed E-state index contributed by atoms with van der Waals surface area (Å²) in [4.78, 5) is 26.8. The largest absolute Gasteiger partial charge is 0.496 e. The van der Waals surface area contributed by atoms with Crippen molar-refractivity contribution in [1.29, 1.82) is 0 Å². The molecule has 33 heavy (non-hydrogen) atoms. The Hall–Kier alpha value is -2.77. The predicted molar refractivity (Wildman–Crippen MR) is 126 cm³/mol. The first kappa shape index (κ1) is 24.9. The molecule has 1 aliphatic heterocycles. The lowest BCUT2D eigenvalue weighted by Gasteiger charge is -2.31. The van der Waals surface area contributed by atoms with E-state index in [4.69, 9.17) is 25.8 Å². The van der Waals surface area contributed by atoms with Crippen LogP contribution in [0.25, 0.3) is 0 Å². The predicted octanol–water partition coefficient (Wildman–Crippen LogP) is 5.09. The monoisotopic (exact) mass is 475 g/mol. The smallest absolute Gasteiger partial charge is 0.306 e. The fourth-order valence-corrected chi connectivity index (χ4v) is 4.09. The minimum absolute atomic E-state index is 0.239. The molecule has 1 amide bonds. The quantitative estimate of drug-likeness (QED) is 0.600. The molecule has 0 aromatic heterocycles. The first-order valence-electron chi connectivity index (χ1n) is 10.8. The summed E-state index contributed by atoms with van der Waals surface area (Å²) in [5.74, 6) is -0.387. The molecular formula is C25H30ClNO6. The van der Waals surface area contributed by atoms with Gasteiger partial charge in [-0.3, -0.25) is 9.59 Å². The summed E-state index contributed by atoms with van der Waals surface area (Å²) in [5.41, 5.74) is 1.70. The van der Waals surface area contributed by atoms with E-state index < -0.39 is 30.5 Å². The molecule has 1 heterocycles. The fraction of sp³-hybridized carbons (Fsp3) is 0.440. The molecule has 178 valence electrons. The number of ether oxygens (including phenoxy) is 3. The molecule has 0 fully saturated rings. The van der Waals surface area contributed by atoms with Crippen molar-refractivity contribution in [3.63, 3.8) is 0 Å². The zero-order valence-electron chi connectivity index (χ0n) is 19.6. The number of carboxylic acids is 1. The number of nitrogens with zero attached hydrogens (tertiary/aromatic N) is 1. The third-order valence-electron chi connectivity index (χ3n) is 5.20. The van der Waals surface area contributed by atoms with Crippen molar-refractivity contribution in [3.8, 4) is 11.5 Å². The Morgan fingerprint density at radius 1 is 1.18 bits per heavy atom. The lowest BCUT2D eigenvalue weighted by atomic mass is 9.94. The maximum atomic E-state index is 13.5. The Morgan fingerprint density at radius 3 is 2.52 bits per heavy atom. The van der Waals surface area contributed by atoms with E-state index in [0.717, 1.165) is 0 Å². The topological polar surface area (TPSA) is 85.3 Å². The maximum Gasteiger partial charge on any atom is 0.306 e. The second kappa shape index (κ2) is 10.0. The molecular weight excluding hydrogens is 446 g/mol. The number of carbonyl (C=O) groups excluding carboxylic acids is 1. The average Bonchev–Trinajstić information content (AvgIpc) is 2.83. The summed E-state index contributed by atoms with van der Waals surface area (Å²) in [6.45, 7) is 8.81. The molecule has 0 saturated carbocycles. The van der Waals surface area contributed by atoms with Gasteiger partial charge < -0.3 is 24.2 Å². The SMILES string of the molecule is CCOc1ccc(C2OC(CC(=O)O)C(=O)N(CC(C)(C)C)c3ccc(Cl)cc32)c(OC)c1. The molecule has 0 radical (unpaired) electrons. The number of benzene rings is 2. The fourth-order valence-electron chi connectivity index (χ4n) is 3.91. The van der Waals surface area contributed by atoms with Crippen LogP contribution in [-0.4, -0.2) is 43.3 Å². The zero-order chi connectivity index (χ0) is 24.3. The van der Waals surface area contributed by atoms with Crippen molar-refractivity contribution in [3.05, 3.63) is 52.5 Å². The Labute approximate surface area is 199 Å². The van der Waals surface area contributed by atoms with Gasteiger partial charge >= 0.3 is 5.97 Å². The van der Waals surface area contributed by atoms with Crippen LogP contribution in [0.3, 0.4) is 0 Å². The number of methoxy groups -OCH3 is 1. The van der Waals surface area contributed by atoms with Crippen LogP contribution in [0.2, 0.25) is 5.02 Å². The molecule has 8 heteroatoms. The summed E-state index contributed by atoms with van der Waals surface area (Å²) in [6, 6.07) is 10.6. The number of carbonyl (C=O) groups is 2. The van der Waals surface area contributed by atoms with Gasteiger partial charge in [0.05, 0.1) is 20.1 Å². The molecule has 2 atom stereocenters. The van der Waals surface area contributed by atoms with E-state index in [0.29, 0.717) is 46.5 Å². The van der Waals surface area contributed by atoms with Crippen molar-refractivity contribution in [2.45, 2.75) is 46.3 Å². The molecule has 1 aliphatic rings. The van der Waals surface area contributed by atoms with Crippen LogP contribution >= 0.6 is 11.6 Å². The Morgan fingerprint density at radius 2 is 1.91 bits per heavy atom. The second-order valence-electron chi connectivity index (χ2n) is 9.13. The molecule has 2 aromatic rings. The molecule has 0 bridgehead atoms. The number of hydrogen-bond donors (Lipinski definition) is 1. The van der Waals surface area contributed by atoms with Gasteiger partial charge in [-0.05, 0) is 42.7 Å². The van der Waals surface area contributed by atoms with Gasteiger partial charge in [0, 0.05) is 34.4 Å². The lowest BCUT2D eigenvalue weighted by molar-refractivity contribution is -0.147. The molecule has 2 aromatic carbocycles. The van der Waals surface area contributed by atoms with E-state index in [2.05, 4.69) is 0 Å². The molecule has 3 rings (SSSR count). The van der Waals surface area contributed by atoms with E-state index in [1.807, 2.05) is 27.7 Å². The Kier molecular flexibility index (Phi) is 7.55. The van der Waals surface area contributed by atoms with Gasteiger partial charge in [-0.2, -0.15) is 0 Å². The van der Waals surface area contributed by atoms with Crippen LogP contribution in [0.5, 0.6) is 11.5 Å². The van der Waals surface area contributed by atoms with Gasteiger partial charge in [-0.15, -0.1) is 0 Å². The highest BCUT2D eigenvalue weighted by atomic mass is 35.5. The van der Waals surface area contributed by atoms with Crippen molar-refractivity contribution < 1.29 is 28.9 Å². The zero-order valence-corrected chi connectivity index (χ0v) is 20.3. The number of rotatable bonds is 7. The molecule has 0 spiro atoms. The molecule has 0 saturated heterocycles. The number of fused-ring (bicyclic) bond motifs is 1. The Bertz CT molecular complexity index is 1030. The van der Waals surface area contributed by atoms with Crippen LogP contribution in [0, 0.1) is 5.41 Å². The molecule has 1 N–H and O–H groups in total. The summed E-state index contributed by atoms with van der Waals surface area (Å²) in [7, 11) is 1.54. The number of amides is 1. The van der Waals surface area contributed by atoms with Crippen molar-refractivity contribution >= 4 is 29.2 Å². The first-order valence-corrected chi connectivity index (χ1v) is 11.2. The molecule has 7 nitrogen and oxygen atoms in total. The van der Waals surface area contributed by atoms with Crippen molar-refractivity contribution in [1.82, 2.24) is 0 Å². The maximum absolute atomic E-state index is 13.5. The number of halogens is 1. The minimum Gasteiger partial charge on any atom is -0.496 e. The summed E-state index contributed by atoms with van der Waals surface area (Å²) in [6.07, 6.45) is -2.42. The van der Waals surface area contributed by atoms with Crippen molar-refractivity contribution in [2.75, 3.05) is 25.2 Å². The second-order valence-corrected chi connectivity index (χ2v) is 9.56. The highest BCUT2D eigenvalue weighted by Crippen LogP contribution is 2.44. The number of hydrogen-bond acceptors (Lipinski definition) is 5. The van der Waals surface area contributed by atoms with Crippen LogP contribution in [0.15, 0.2) is 36.4 Å². The summed E-state index contributed by atoms with van der Waals surface area (Å²) >= 11 is 6.36. The standard InChI is InChI=1S/C25H30ClNO6/c1-6-32-16-8-9-17(20(12-16)31-5)23-18-11-15(26)7-10-19(18)27(14-25(2,3)4)24(30)21(33-23)13-22(28)29/h7-12,21,23H,6,13-14H2,1-5H3,(H,28,29). The molecule has 2 unspecified atom stereocenters. The van der Waals surface area contributed by atoms with Gasteiger partial charge in [-0.25, -0.2) is 0 Å². The van der Waals surface area contributed by atoms with Crippen LogP contribution < -0.4 is 14.4 Å². The molecule has 0 aliphatic carbocycles. The van der Waals surface area contributed by atoms with Gasteiger partial charge in [0.2, 0.25) is 0 Å². The van der Waals surface area contributed by atoms with E-state index in [9.17, 15) is 14.7 Å². The Balaban J connectivity index is 2.22. The third-order valence-corrected chi connectivity index (χ3v) is 5.43. The van der Waals surface area contributed by atoms with Gasteiger partial charge in [0.1, 0.15) is 23.7 Å². The highest BCUT2D eigenvalue weighted by molar-refractivity contribution is 6.30. The number of anilines is 1. The van der Waals surface area contributed by atoms with E-state index in [-0.39, 0.29) is 5.41 Å². The number of carboxylic acid groups (broad SMARTS) is 1. The number of aliphatic carboxylic acids is 1. The van der Waals surface area contributed by atoms with E-state index >= 15 is 0 Å². The van der Waals surface area contributed by atoms with E-state index in [1.165, 1.54) is 7.11 Å². The highest BCUT2D eigenvalue weighted by Gasteiger charge is 2.39. The van der Waals surface area contributed by atoms with Gasteiger partial charge in [0.15, 0.2) is 0 Å². The first-order chi connectivity index (χ1) is 15.5. The third kappa shape index (κ3) is 5.78. The van der Waals surface area contributed by atoms with Crippen LogP contribution in [0.4, 0.5) is 5.69 Å². The summed E-state index contributed by atoms with van der Waals surface area (Å²) < 4.78 is 17.4. The van der Waals surface area contributed by atoms with Crippen molar-refractivity contribution in [2.24, 2.45) is 5.41 Å². The van der Waals surface area contributed by atoms with Gasteiger partial charge in [0.25, 0.3) is 5.91 Å². The average molecular weight is 476 g/mol. The van der Waals surface area contributed by atoms with Crippen LogP contribution in [0.1, 0.15) is 51.3 Å².